The van der Waals surface area contributed by atoms with Crippen molar-refractivity contribution < 1.29 is 14.3 Å². The standard InChI is InChI=1S/C22H26N2O3/c1-27-21(25)14-16-10-12-24(13-11-16)22(26)20-8-6-19(7-9-20)18-4-2-17(15-23)3-5-18/h2-9,16H,10-15,23H2,1H3. The van der Waals surface area contributed by atoms with Gasteiger partial charge in [-0.05, 0) is 47.6 Å². The number of hydrogen-bond donors (Lipinski definition) is 1. The van der Waals surface area contributed by atoms with Gasteiger partial charge in [-0.15, -0.1) is 0 Å². The molecular weight excluding hydrogens is 340 g/mol. The van der Waals surface area contributed by atoms with Gasteiger partial charge in [0.15, 0.2) is 0 Å². The van der Waals surface area contributed by atoms with Crippen molar-refractivity contribution in [3.63, 3.8) is 0 Å². The van der Waals surface area contributed by atoms with E-state index in [-0.39, 0.29) is 11.9 Å². The molecule has 5 nitrogen and oxygen atoms in total. The van der Waals surface area contributed by atoms with E-state index in [0.29, 0.717) is 37.5 Å². The van der Waals surface area contributed by atoms with Gasteiger partial charge in [0.1, 0.15) is 0 Å². The number of hydrogen-bond acceptors (Lipinski definition) is 4. The number of nitrogens with zero attached hydrogens (tertiary/aromatic N) is 1. The lowest BCUT2D eigenvalue weighted by molar-refractivity contribution is -0.142. The molecule has 0 atom stereocenters. The molecule has 2 aromatic rings. The number of esters is 1. The Kier molecular flexibility index (Phi) is 6.24. The summed E-state index contributed by atoms with van der Waals surface area (Å²) in [5, 5.41) is 0. The predicted octanol–water partition coefficient (Wildman–Crippen LogP) is 3.23. The Bertz CT molecular complexity index is 776. The minimum Gasteiger partial charge on any atom is -0.469 e. The first kappa shape index (κ1) is 19.1. The van der Waals surface area contributed by atoms with E-state index in [0.717, 1.165) is 29.5 Å². The highest BCUT2D eigenvalue weighted by molar-refractivity contribution is 5.94. The van der Waals surface area contributed by atoms with Crippen LogP contribution in [-0.2, 0) is 16.1 Å². The van der Waals surface area contributed by atoms with Crippen LogP contribution in [0.25, 0.3) is 11.1 Å². The van der Waals surface area contributed by atoms with Crippen molar-refractivity contribution in [3.05, 3.63) is 59.7 Å². The average Bonchev–Trinajstić information content (AvgIpc) is 2.74. The fourth-order valence-electron chi connectivity index (χ4n) is 3.48. The van der Waals surface area contributed by atoms with Gasteiger partial charge in [-0.2, -0.15) is 0 Å². The SMILES string of the molecule is COC(=O)CC1CCN(C(=O)c2ccc(-c3ccc(CN)cc3)cc2)CC1. The van der Waals surface area contributed by atoms with Crippen molar-refractivity contribution in [1.82, 2.24) is 4.90 Å². The Morgan fingerprint density at radius 1 is 1.00 bits per heavy atom. The lowest BCUT2D eigenvalue weighted by atomic mass is 9.93. The third-order valence-electron chi connectivity index (χ3n) is 5.24. The molecule has 1 fully saturated rings. The first-order chi connectivity index (χ1) is 13.1. The van der Waals surface area contributed by atoms with Gasteiger partial charge in [-0.3, -0.25) is 9.59 Å². The second-order valence-corrected chi connectivity index (χ2v) is 6.99. The lowest BCUT2D eigenvalue weighted by Crippen LogP contribution is -2.38. The predicted molar refractivity (Wildman–Crippen MR) is 105 cm³/mol. The van der Waals surface area contributed by atoms with Crippen molar-refractivity contribution in [2.75, 3.05) is 20.2 Å². The van der Waals surface area contributed by atoms with E-state index in [4.69, 9.17) is 10.5 Å². The molecule has 2 aromatic carbocycles. The van der Waals surface area contributed by atoms with Gasteiger partial charge in [0, 0.05) is 31.6 Å². The molecule has 1 aliphatic heterocycles. The minimum atomic E-state index is -0.171. The Morgan fingerprint density at radius 3 is 2.07 bits per heavy atom. The average molecular weight is 366 g/mol. The molecule has 27 heavy (non-hydrogen) atoms. The number of nitrogens with two attached hydrogens (primary N) is 1. The number of piperidine rings is 1. The number of methoxy groups -OCH3 is 1. The molecule has 0 aromatic heterocycles. The maximum Gasteiger partial charge on any atom is 0.305 e. The summed E-state index contributed by atoms with van der Waals surface area (Å²) in [4.78, 5) is 26.0. The molecule has 1 amide bonds. The number of benzene rings is 2. The summed E-state index contributed by atoms with van der Waals surface area (Å²) in [5.74, 6) is 0.187. The second kappa shape index (κ2) is 8.82. The third kappa shape index (κ3) is 4.74. The van der Waals surface area contributed by atoms with Gasteiger partial charge in [-0.1, -0.05) is 36.4 Å². The topological polar surface area (TPSA) is 72.6 Å². The largest absolute Gasteiger partial charge is 0.469 e. The van der Waals surface area contributed by atoms with Crippen LogP contribution < -0.4 is 5.73 Å². The molecule has 3 rings (SSSR count). The normalized spacial score (nSPS) is 14.8. The smallest absolute Gasteiger partial charge is 0.305 e. The van der Waals surface area contributed by atoms with E-state index >= 15 is 0 Å². The molecule has 1 heterocycles. The molecule has 142 valence electrons. The number of likely N-dealkylation sites (tertiary alicyclic amines) is 1. The summed E-state index contributed by atoms with van der Waals surface area (Å²) >= 11 is 0. The van der Waals surface area contributed by atoms with E-state index in [2.05, 4.69) is 0 Å². The van der Waals surface area contributed by atoms with Crippen molar-refractivity contribution in [2.45, 2.75) is 25.8 Å². The summed E-state index contributed by atoms with van der Waals surface area (Å²) in [5.41, 5.74) is 9.62. The Hall–Kier alpha value is -2.66. The number of carbonyl (C=O) groups excluding carboxylic acids is 2. The fraction of sp³-hybridized carbons (Fsp3) is 0.364. The van der Waals surface area contributed by atoms with E-state index < -0.39 is 0 Å². The molecule has 0 spiro atoms. The Balaban J connectivity index is 1.60. The van der Waals surface area contributed by atoms with Crippen molar-refractivity contribution in [3.8, 4) is 11.1 Å². The maximum atomic E-state index is 12.7. The van der Waals surface area contributed by atoms with Crippen LogP contribution in [0.1, 0.15) is 35.2 Å². The first-order valence-corrected chi connectivity index (χ1v) is 9.36. The van der Waals surface area contributed by atoms with Crippen LogP contribution in [0.4, 0.5) is 0 Å². The monoisotopic (exact) mass is 366 g/mol. The summed E-state index contributed by atoms with van der Waals surface area (Å²) in [7, 11) is 1.41. The Morgan fingerprint density at radius 2 is 1.56 bits per heavy atom. The van der Waals surface area contributed by atoms with E-state index in [1.807, 2.05) is 53.4 Å². The zero-order chi connectivity index (χ0) is 19.2. The lowest BCUT2D eigenvalue weighted by Gasteiger charge is -2.31. The minimum absolute atomic E-state index is 0.0524. The summed E-state index contributed by atoms with van der Waals surface area (Å²) in [6.07, 6.45) is 2.12. The number of carbonyl (C=O) groups is 2. The van der Waals surface area contributed by atoms with Crippen molar-refractivity contribution in [1.29, 1.82) is 0 Å². The van der Waals surface area contributed by atoms with Crippen LogP contribution in [0.15, 0.2) is 48.5 Å². The van der Waals surface area contributed by atoms with E-state index in [9.17, 15) is 9.59 Å². The highest BCUT2D eigenvalue weighted by atomic mass is 16.5. The molecule has 5 heteroatoms. The zero-order valence-electron chi connectivity index (χ0n) is 15.7. The highest BCUT2D eigenvalue weighted by Crippen LogP contribution is 2.24. The van der Waals surface area contributed by atoms with E-state index in [1.54, 1.807) is 0 Å². The van der Waals surface area contributed by atoms with Crippen LogP contribution in [-0.4, -0.2) is 37.0 Å². The molecule has 0 bridgehead atoms. The summed E-state index contributed by atoms with van der Waals surface area (Å²) in [6.45, 7) is 1.90. The molecule has 0 unspecified atom stereocenters. The van der Waals surface area contributed by atoms with Crippen molar-refractivity contribution in [2.24, 2.45) is 11.7 Å². The zero-order valence-corrected chi connectivity index (χ0v) is 15.7. The van der Waals surface area contributed by atoms with Gasteiger partial charge < -0.3 is 15.4 Å². The van der Waals surface area contributed by atoms with Gasteiger partial charge in [0.05, 0.1) is 7.11 Å². The second-order valence-electron chi connectivity index (χ2n) is 6.99. The van der Waals surface area contributed by atoms with Gasteiger partial charge in [0.2, 0.25) is 0 Å². The molecule has 0 saturated carbocycles. The number of rotatable bonds is 5. The van der Waals surface area contributed by atoms with Crippen molar-refractivity contribution >= 4 is 11.9 Å². The van der Waals surface area contributed by atoms with Crippen LogP contribution >= 0.6 is 0 Å². The molecule has 0 aliphatic carbocycles. The Labute approximate surface area is 160 Å². The maximum absolute atomic E-state index is 12.7. The summed E-state index contributed by atoms with van der Waals surface area (Å²) < 4.78 is 4.73. The van der Waals surface area contributed by atoms with Crippen LogP contribution in [0.5, 0.6) is 0 Å². The van der Waals surface area contributed by atoms with Gasteiger partial charge >= 0.3 is 5.97 Å². The molecular formula is C22H26N2O3. The molecule has 1 aliphatic rings. The molecule has 1 saturated heterocycles. The van der Waals surface area contributed by atoms with Crippen LogP contribution in [0, 0.1) is 5.92 Å². The first-order valence-electron chi connectivity index (χ1n) is 9.36. The quantitative estimate of drug-likeness (QED) is 0.825. The van der Waals surface area contributed by atoms with Gasteiger partial charge in [-0.25, -0.2) is 0 Å². The fourth-order valence-corrected chi connectivity index (χ4v) is 3.48. The molecule has 2 N–H and O–H groups in total. The number of ether oxygens (including phenoxy) is 1. The highest BCUT2D eigenvalue weighted by Gasteiger charge is 2.25. The van der Waals surface area contributed by atoms with E-state index in [1.165, 1.54) is 7.11 Å². The summed E-state index contributed by atoms with van der Waals surface area (Å²) in [6, 6.07) is 15.9. The number of amides is 1. The third-order valence-corrected chi connectivity index (χ3v) is 5.24. The van der Waals surface area contributed by atoms with Gasteiger partial charge in [0.25, 0.3) is 5.91 Å². The van der Waals surface area contributed by atoms with Crippen LogP contribution in [0.3, 0.4) is 0 Å². The van der Waals surface area contributed by atoms with Crippen LogP contribution in [0.2, 0.25) is 0 Å². The molecule has 0 radical (unpaired) electrons.